The van der Waals surface area contributed by atoms with Gasteiger partial charge in [0.1, 0.15) is 5.69 Å². The Morgan fingerprint density at radius 3 is 2.40 bits per heavy atom. The lowest BCUT2D eigenvalue weighted by molar-refractivity contribution is 0.102. The summed E-state index contributed by atoms with van der Waals surface area (Å²) in [6.45, 7) is 3.67. The summed E-state index contributed by atoms with van der Waals surface area (Å²) in [5, 5.41) is 9.61. The molecule has 178 valence electrons. The van der Waals surface area contributed by atoms with Gasteiger partial charge in [0.25, 0.3) is 15.9 Å². The molecule has 1 amide bonds. The van der Waals surface area contributed by atoms with E-state index in [4.69, 9.17) is 9.47 Å². The Morgan fingerprint density at radius 2 is 1.66 bits per heavy atom. The lowest BCUT2D eigenvalue weighted by Gasteiger charge is -2.09. The van der Waals surface area contributed by atoms with Gasteiger partial charge in [-0.15, -0.1) is 0 Å². The molecule has 0 unspecified atom stereocenters. The van der Waals surface area contributed by atoms with E-state index in [2.05, 4.69) is 30.2 Å². The van der Waals surface area contributed by atoms with Gasteiger partial charge in [-0.2, -0.15) is 5.10 Å². The maximum absolute atomic E-state index is 12.7. The van der Waals surface area contributed by atoms with Gasteiger partial charge in [-0.1, -0.05) is 0 Å². The second-order valence-electron chi connectivity index (χ2n) is 7.79. The van der Waals surface area contributed by atoms with Crippen molar-refractivity contribution in [2.75, 3.05) is 16.8 Å². The molecule has 4 aromatic rings. The van der Waals surface area contributed by atoms with Crippen LogP contribution in [0.2, 0.25) is 0 Å². The fourth-order valence-corrected chi connectivity index (χ4v) is 4.45. The van der Waals surface area contributed by atoms with Crippen molar-refractivity contribution in [1.29, 1.82) is 0 Å². The van der Waals surface area contributed by atoms with Crippen LogP contribution in [0.3, 0.4) is 0 Å². The van der Waals surface area contributed by atoms with Crippen molar-refractivity contribution in [2.45, 2.75) is 18.7 Å². The number of nitrogens with zero attached hydrogens (tertiary/aromatic N) is 3. The minimum atomic E-state index is -3.90. The number of ether oxygens (including phenoxy) is 2. The fourth-order valence-electron chi connectivity index (χ4n) is 3.51. The molecule has 2 aromatic carbocycles. The Morgan fingerprint density at radius 1 is 0.943 bits per heavy atom. The number of hydrogen-bond donors (Lipinski definition) is 3. The molecule has 1 aliphatic rings. The summed E-state index contributed by atoms with van der Waals surface area (Å²) in [6, 6.07) is 14.5. The number of aryl methyl sites for hydroxylation is 2. The third-order valence-electron chi connectivity index (χ3n) is 5.12. The maximum atomic E-state index is 12.7. The first-order valence-electron chi connectivity index (χ1n) is 10.5. The number of aromatic amines is 1. The van der Waals surface area contributed by atoms with Crippen molar-refractivity contribution in [3.05, 3.63) is 71.7 Å². The van der Waals surface area contributed by atoms with Crippen LogP contribution in [0.25, 0.3) is 11.3 Å². The van der Waals surface area contributed by atoms with Gasteiger partial charge in [-0.3, -0.25) is 9.89 Å². The van der Waals surface area contributed by atoms with Gasteiger partial charge in [0, 0.05) is 22.6 Å². The standard InChI is InChI=1S/C23H20N6O5S/c1-13-9-14(2)25-23(24-13)29-35(31,32)17-6-4-16(5-7-17)26-22(30)19-11-18(27-28-19)15-3-8-20-21(10-15)34-12-33-20/h3-11H,12H2,1-2H3,(H,26,30)(H,27,28)(H,24,25,29). The quantitative estimate of drug-likeness (QED) is 0.371. The van der Waals surface area contributed by atoms with Crippen molar-refractivity contribution in [2.24, 2.45) is 0 Å². The van der Waals surface area contributed by atoms with Crippen LogP contribution in [0.5, 0.6) is 11.5 Å². The van der Waals surface area contributed by atoms with Crippen LogP contribution in [0.4, 0.5) is 11.6 Å². The molecule has 1 aliphatic heterocycles. The number of sulfonamides is 1. The van der Waals surface area contributed by atoms with Crippen LogP contribution in [0, 0.1) is 13.8 Å². The molecular formula is C23H20N6O5S. The van der Waals surface area contributed by atoms with E-state index >= 15 is 0 Å². The lowest BCUT2D eigenvalue weighted by Crippen LogP contribution is -2.16. The third-order valence-corrected chi connectivity index (χ3v) is 6.47. The summed E-state index contributed by atoms with van der Waals surface area (Å²) in [4.78, 5) is 20.9. The Bertz CT molecular complexity index is 1510. The second kappa shape index (κ2) is 8.72. The molecule has 5 rings (SSSR count). The molecule has 2 aromatic heterocycles. The van der Waals surface area contributed by atoms with Gasteiger partial charge in [0.2, 0.25) is 12.7 Å². The predicted octanol–water partition coefficient (Wildman–Crippen LogP) is 3.27. The van der Waals surface area contributed by atoms with Crippen molar-refractivity contribution < 1.29 is 22.7 Å². The topological polar surface area (TPSA) is 148 Å². The molecule has 0 spiro atoms. The monoisotopic (exact) mass is 492 g/mol. The molecule has 12 heteroatoms. The average molecular weight is 493 g/mol. The Kier molecular flexibility index (Phi) is 5.57. The highest BCUT2D eigenvalue weighted by molar-refractivity contribution is 7.92. The molecule has 11 nitrogen and oxygen atoms in total. The zero-order chi connectivity index (χ0) is 24.6. The fraction of sp³-hybridized carbons (Fsp3) is 0.130. The molecule has 35 heavy (non-hydrogen) atoms. The second-order valence-corrected chi connectivity index (χ2v) is 9.48. The van der Waals surface area contributed by atoms with Crippen LogP contribution < -0.4 is 19.5 Å². The average Bonchev–Trinajstić information content (AvgIpc) is 3.48. The first-order chi connectivity index (χ1) is 16.8. The molecule has 0 fully saturated rings. The maximum Gasteiger partial charge on any atom is 0.273 e. The van der Waals surface area contributed by atoms with E-state index in [1.807, 2.05) is 6.07 Å². The summed E-state index contributed by atoms with van der Waals surface area (Å²) in [7, 11) is -3.90. The zero-order valence-electron chi connectivity index (χ0n) is 18.7. The highest BCUT2D eigenvalue weighted by Gasteiger charge is 2.18. The van der Waals surface area contributed by atoms with Gasteiger partial charge < -0.3 is 14.8 Å². The number of carbonyl (C=O) groups is 1. The number of rotatable bonds is 6. The Hall–Kier alpha value is -4.45. The van der Waals surface area contributed by atoms with Crippen molar-refractivity contribution in [3.8, 4) is 22.8 Å². The van der Waals surface area contributed by atoms with E-state index in [-0.39, 0.29) is 23.3 Å². The molecular weight excluding hydrogens is 472 g/mol. The lowest BCUT2D eigenvalue weighted by atomic mass is 10.1. The number of carbonyl (C=O) groups excluding carboxylic acids is 1. The molecule has 0 saturated heterocycles. The van der Waals surface area contributed by atoms with Crippen molar-refractivity contribution in [3.63, 3.8) is 0 Å². The number of anilines is 2. The van der Waals surface area contributed by atoms with E-state index in [9.17, 15) is 13.2 Å². The SMILES string of the molecule is Cc1cc(C)nc(NS(=O)(=O)c2ccc(NC(=O)c3cc(-c4ccc5c(c4)OCO5)n[nH]3)cc2)n1. The van der Waals surface area contributed by atoms with Crippen LogP contribution in [-0.4, -0.2) is 41.3 Å². The third kappa shape index (κ3) is 4.77. The number of benzene rings is 2. The van der Waals surface area contributed by atoms with Gasteiger partial charge in [0.15, 0.2) is 11.5 Å². The summed E-state index contributed by atoms with van der Waals surface area (Å²) in [6.07, 6.45) is 0. The Labute approximate surface area is 200 Å². The van der Waals surface area contributed by atoms with Gasteiger partial charge in [0.05, 0.1) is 10.6 Å². The van der Waals surface area contributed by atoms with E-state index < -0.39 is 15.9 Å². The van der Waals surface area contributed by atoms with Crippen molar-refractivity contribution in [1.82, 2.24) is 20.2 Å². The molecule has 0 aliphatic carbocycles. The summed E-state index contributed by atoms with van der Waals surface area (Å²) < 4.78 is 38.4. The molecule has 0 bridgehead atoms. The summed E-state index contributed by atoms with van der Waals surface area (Å²) in [5.74, 6) is 0.841. The van der Waals surface area contributed by atoms with Gasteiger partial charge in [-0.25, -0.2) is 23.1 Å². The van der Waals surface area contributed by atoms with Gasteiger partial charge >= 0.3 is 0 Å². The Balaban J connectivity index is 1.27. The largest absolute Gasteiger partial charge is 0.454 e. The van der Waals surface area contributed by atoms with Crippen LogP contribution in [0.15, 0.2) is 59.5 Å². The van der Waals surface area contributed by atoms with E-state index in [1.165, 1.54) is 24.3 Å². The molecule has 0 saturated carbocycles. The normalized spacial score (nSPS) is 12.4. The van der Waals surface area contributed by atoms with Crippen LogP contribution in [0.1, 0.15) is 21.9 Å². The first-order valence-corrected chi connectivity index (χ1v) is 12.0. The highest BCUT2D eigenvalue weighted by atomic mass is 32.2. The minimum absolute atomic E-state index is 0.00242. The number of H-pyrrole nitrogens is 1. The summed E-state index contributed by atoms with van der Waals surface area (Å²) >= 11 is 0. The minimum Gasteiger partial charge on any atom is -0.454 e. The molecule has 3 heterocycles. The number of fused-ring (bicyclic) bond motifs is 1. The summed E-state index contributed by atoms with van der Waals surface area (Å²) in [5.41, 5.74) is 3.27. The number of amides is 1. The molecule has 0 radical (unpaired) electrons. The smallest absolute Gasteiger partial charge is 0.273 e. The number of hydrogen-bond acceptors (Lipinski definition) is 8. The molecule has 0 atom stereocenters. The van der Waals surface area contributed by atoms with E-state index in [0.29, 0.717) is 34.3 Å². The first kappa shape index (κ1) is 22.3. The molecule has 3 N–H and O–H groups in total. The van der Waals surface area contributed by atoms with Gasteiger partial charge in [-0.05, 0) is 68.4 Å². The zero-order valence-corrected chi connectivity index (χ0v) is 19.5. The number of nitrogens with one attached hydrogen (secondary N) is 3. The van der Waals surface area contributed by atoms with E-state index in [1.54, 1.807) is 38.1 Å². The van der Waals surface area contributed by atoms with E-state index in [0.717, 1.165) is 5.56 Å². The number of aromatic nitrogens is 4. The van der Waals surface area contributed by atoms with Crippen molar-refractivity contribution >= 4 is 27.6 Å². The predicted molar refractivity (Wildman–Crippen MR) is 127 cm³/mol. The highest BCUT2D eigenvalue weighted by Crippen LogP contribution is 2.35. The van der Waals surface area contributed by atoms with Crippen LogP contribution >= 0.6 is 0 Å². The van der Waals surface area contributed by atoms with Crippen LogP contribution in [-0.2, 0) is 10.0 Å².